The van der Waals surface area contributed by atoms with E-state index in [1.54, 1.807) is 14.0 Å². The molecule has 0 saturated heterocycles. The quantitative estimate of drug-likeness (QED) is 0.685. The molecule has 4 heteroatoms. The molecule has 4 nitrogen and oxygen atoms in total. The van der Waals surface area contributed by atoms with Crippen LogP contribution in [0.5, 0.6) is 0 Å². The number of nitrogen functional groups attached to an aromatic ring is 1. The molecular weight excluding hydrogens is 190 g/mol. The Morgan fingerprint density at radius 1 is 1.33 bits per heavy atom. The lowest BCUT2D eigenvalue weighted by molar-refractivity contribution is 0.741. The van der Waals surface area contributed by atoms with E-state index in [1.807, 2.05) is 24.3 Å². The van der Waals surface area contributed by atoms with Gasteiger partial charge in [0, 0.05) is 23.9 Å². The molecule has 0 spiro atoms. The van der Waals surface area contributed by atoms with Gasteiger partial charge in [-0.25, -0.2) is 0 Å². The lowest BCUT2D eigenvalue weighted by atomic mass is 10.1. The number of hydrogen-bond donors (Lipinski definition) is 2. The topological polar surface area (TPSA) is 63.8 Å². The minimum atomic E-state index is -0.0201. The van der Waals surface area contributed by atoms with Crippen LogP contribution in [0.2, 0.25) is 0 Å². The minimum absolute atomic E-state index is 0.0201. The number of anilines is 1. The lowest BCUT2D eigenvalue weighted by Crippen LogP contribution is -2.12. The fraction of sp³-hybridized carbons (Fsp3) is 0.182. The largest absolute Gasteiger partial charge is 0.398 e. The molecule has 0 aliphatic carbocycles. The first-order chi connectivity index (χ1) is 7.11. The van der Waals surface area contributed by atoms with Crippen molar-refractivity contribution >= 4 is 5.69 Å². The van der Waals surface area contributed by atoms with Crippen molar-refractivity contribution in [2.45, 2.75) is 6.92 Å². The van der Waals surface area contributed by atoms with Crippen LogP contribution in [0.4, 0.5) is 5.69 Å². The standard InChI is InChI=1S/C11H13N3O/c1-7-10(13-14(2)11(7)15)8-5-3-4-6-9(8)12/h3-6,13H,12H2,1-2H3. The van der Waals surface area contributed by atoms with Gasteiger partial charge in [0.05, 0.1) is 5.69 Å². The van der Waals surface area contributed by atoms with Crippen molar-refractivity contribution in [1.82, 2.24) is 9.78 Å². The Bertz CT molecular complexity index is 551. The van der Waals surface area contributed by atoms with Crippen LogP contribution in [0.15, 0.2) is 29.1 Å². The fourth-order valence-corrected chi connectivity index (χ4v) is 1.65. The van der Waals surface area contributed by atoms with E-state index in [2.05, 4.69) is 5.10 Å². The smallest absolute Gasteiger partial charge is 0.269 e. The molecule has 3 N–H and O–H groups in total. The molecule has 0 saturated carbocycles. The average molecular weight is 203 g/mol. The highest BCUT2D eigenvalue weighted by atomic mass is 16.1. The first-order valence-corrected chi connectivity index (χ1v) is 4.71. The monoisotopic (exact) mass is 203 g/mol. The van der Waals surface area contributed by atoms with Crippen molar-refractivity contribution in [2.75, 3.05) is 5.73 Å². The number of H-pyrrole nitrogens is 1. The summed E-state index contributed by atoms with van der Waals surface area (Å²) in [6, 6.07) is 7.49. The maximum absolute atomic E-state index is 11.6. The van der Waals surface area contributed by atoms with E-state index in [0.717, 1.165) is 11.3 Å². The number of aromatic nitrogens is 2. The van der Waals surface area contributed by atoms with E-state index in [9.17, 15) is 4.79 Å². The van der Waals surface area contributed by atoms with Gasteiger partial charge in [-0.3, -0.25) is 14.6 Å². The highest BCUT2D eigenvalue weighted by molar-refractivity contribution is 5.75. The van der Waals surface area contributed by atoms with E-state index in [0.29, 0.717) is 11.3 Å². The van der Waals surface area contributed by atoms with E-state index in [4.69, 9.17) is 5.73 Å². The molecule has 0 bridgehead atoms. The van der Waals surface area contributed by atoms with Crippen molar-refractivity contribution in [3.63, 3.8) is 0 Å². The van der Waals surface area contributed by atoms with Crippen LogP contribution in [0.25, 0.3) is 11.3 Å². The summed E-state index contributed by atoms with van der Waals surface area (Å²) in [4.78, 5) is 11.6. The number of nitrogens with one attached hydrogen (secondary N) is 1. The van der Waals surface area contributed by atoms with Crippen LogP contribution in [0, 0.1) is 6.92 Å². The molecule has 0 unspecified atom stereocenters. The zero-order chi connectivity index (χ0) is 11.0. The van der Waals surface area contributed by atoms with E-state index in [1.165, 1.54) is 4.68 Å². The number of hydrogen-bond acceptors (Lipinski definition) is 2. The van der Waals surface area contributed by atoms with Crippen LogP contribution >= 0.6 is 0 Å². The molecule has 15 heavy (non-hydrogen) atoms. The van der Waals surface area contributed by atoms with Crippen molar-refractivity contribution in [3.8, 4) is 11.3 Å². The van der Waals surface area contributed by atoms with Crippen molar-refractivity contribution in [2.24, 2.45) is 7.05 Å². The average Bonchev–Trinajstić information content (AvgIpc) is 2.47. The maximum Gasteiger partial charge on any atom is 0.269 e. The molecule has 1 aromatic carbocycles. The molecule has 0 aliphatic rings. The Labute approximate surface area is 87.3 Å². The molecule has 2 rings (SSSR count). The van der Waals surface area contributed by atoms with Gasteiger partial charge in [0.2, 0.25) is 0 Å². The lowest BCUT2D eigenvalue weighted by Gasteiger charge is -2.03. The van der Waals surface area contributed by atoms with Crippen LogP contribution in [-0.4, -0.2) is 9.78 Å². The van der Waals surface area contributed by atoms with Gasteiger partial charge in [-0.2, -0.15) is 0 Å². The summed E-state index contributed by atoms with van der Waals surface area (Å²) >= 11 is 0. The third kappa shape index (κ3) is 1.44. The Balaban J connectivity index is 2.70. The number of para-hydroxylation sites is 1. The molecule has 0 aliphatic heterocycles. The number of rotatable bonds is 1. The van der Waals surface area contributed by atoms with Gasteiger partial charge in [-0.05, 0) is 13.0 Å². The summed E-state index contributed by atoms with van der Waals surface area (Å²) in [6.07, 6.45) is 0. The third-order valence-electron chi connectivity index (χ3n) is 2.51. The van der Waals surface area contributed by atoms with Crippen LogP contribution < -0.4 is 11.3 Å². The highest BCUT2D eigenvalue weighted by Gasteiger charge is 2.11. The Hall–Kier alpha value is -1.97. The molecule has 1 aromatic heterocycles. The summed E-state index contributed by atoms with van der Waals surface area (Å²) in [6.45, 7) is 1.79. The van der Waals surface area contributed by atoms with Gasteiger partial charge in [-0.1, -0.05) is 18.2 Å². The Morgan fingerprint density at radius 3 is 2.53 bits per heavy atom. The number of benzene rings is 1. The Kier molecular flexibility index (Phi) is 2.11. The van der Waals surface area contributed by atoms with Crippen LogP contribution in [0.1, 0.15) is 5.56 Å². The summed E-state index contributed by atoms with van der Waals surface area (Å²) in [7, 11) is 1.69. The number of aryl methyl sites for hydroxylation is 1. The Morgan fingerprint density at radius 2 is 2.00 bits per heavy atom. The van der Waals surface area contributed by atoms with Gasteiger partial charge in [0.25, 0.3) is 5.56 Å². The minimum Gasteiger partial charge on any atom is -0.398 e. The molecule has 0 amide bonds. The first-order valence-electron chi connectivity index (χ1n) is 4.71. The zero-order valence-corrected chi connectivity index (χ0v) is 8.74. The summed E-state index contributed by atoms with van der Waals surface area (Å²) < 4.78 is 1.46. The molecule has 0 fully saturated rings. The normalized spacial score (nSPS) is 10.5. The molecule has 78 valence electrons. The van der Waals surface area contributed by atoms with Gasteiger partial charge in [0.15, 0.2) is 0 Å². The zero-order valence-electron chi connectivity index (χ0n) is 8.74. The molecular formula is C11H13N3O. The summed E-state index contributed by atoms with van der Waals surface area (Å²) in [5.74, 6) is 0. The summed E-state index contributed by atoms with van der Waals surface area (Å²) in [5.41, 5.74) is 8.85. The number of nitrogens with zero attached hydrogens (tertiary/aromatic N) is 1. The van der Waals surface area contributed by atoms with Gasteiger partial charge in [-0.15, -0.1) is 0 Å². The predicted octanol–water partition coefficient (Wildman–Crippen LogP) is 1.27. The van der Waals surface area contributed by atoms with Crippen molar-refractivity contribution in [3.05, 3.63) is 40.2 Å². The van der Waals surface area contributed by atoms with Gasteiger partial charge >= 0.3 is 0 Å². The van der Waals surface area contributed by atoms with E-state index in [-0.39, 0.29) is 5.56 Å². The van der Waals surface area contributed by atoms with Gasteiger partial charge < -0.3 is 5.73 Å². The fourth-order valence-electron chi connectivity index (χ4n) is 1.65. The van der Waals surface area contributed by atoms with Gasteiger partial charge in [0.1, 0.15) is 0 Å². The van der Waals surface area contributed by atoms with Crippen LogP contribution in [0.3, 0.4) is 0 Å². The molecule has 2 aromatic rings. The maximum atomic E-state index is 11.6. The van der Waals surface area contributed by atoms with Crippen molar-refractivity contribution < 1.29 is 0 Å². The second-order valence-electron chi connectivity index (χ2n) is 3.56. The second-order valence-corrected chi connectivity index (χ2v) is 3.56. The predicted molar refractivity (Wildman–Crippen MR) is 60.6 cm³/mol. The second kappa shape index (κ2) is 3.31. The SMILES string of the molecule is Cc1c(-c2ccccc2N)[nH]n(C)c1=O. The molecule has 1 heterocycles. The van der Waals surface area contributed by atoms with Crippen molar-refractivity contribution in [1.29, 1.82) is 0 Å². The van der Waals surface area contributed by atoms with E-state index >= 15 is 0 Å². The third-order valence-corrected chi connectivity index (χ3v) is 2.51. The molecule has 0 atom stereocenters. The van der Waals surface area contributed by atoms with E-state index < -0.39 is 0 Å². The number of aromatic amines is 1. The van der Waals surface area contributed by atoms with Crippen LogP contribution in [-0.2, 0) is 7.05 Å². The number of nitrogens with two attached hydrogens (primary N) is 1. The molecule has 0 radical (unpaired) electrons. The summed E-state index contributed by atoms with van der Waals surface area (Å²) in [5, 5.41) is 2.99. The first kappa shape index (κ1) is 9.58. The highest BCUT2D eigenvalue weighted by Crippen LogP contribution is 2.24.